The molecule has 0 bridgehead atoms. The molecule has 1 fully saturated rings. The number of fused-ring (bicyclic) bond motifs is 1. The smallest absolute Gasteiger partial charge is 0.219 e. The third-order valence-corrected chi connectivity index (χ3v) is 4.27. The van der Waals surface area contributed by atoms with Gasteiger partial charge in [-0.15, -0.1) is 0 Å². The molecule has 0 unspecified atom stereocenters. The zero-order valence-corrected chi connectivity index (χ0v) is 12.6. The average molecular weight is 283 g/mol. The number of aryl methyl sites for hydroxylation is 1. The number of carbonyl (C=O) groups excluding carboxylic acids is 1. The Hall–Kier alpha value is -2.10. The number of aromatic nitrogens is 1. The highest BCUT2D eigenvalue weighted by molar-refractivity contribution is 5.93. The number of nitrogens with zero attached hydrogens (tertiary/aromatic N) is 2. The maximum atomic E-state index is 11.4. The summed E-state index contributed by atoms with van der Waals surface area (Å²) in [5, 5.41) is 4.81. The summed E-state index contributed by atoms with van der Waals surface area (Å²) in [6, 6.07) is 8.76. The van der Waals surface area contributed by atoms with E-state index in [1.165, 1.54) is 10.9 Å². The molecule has 1 aliphatic heterocycles. The second-order valence-corrected chi connectivity index (χ2v) is 5.75. The standard InChI is InChI=1S/C17H21N3O/c1-12-5-6-16(15-4-3-9-18-17(12)15)19-14-7-10-20(11-8-14)13(2)21/h3-6,9,14,19H,7-8,10-11H2,1-2H3. The highest BCUT2D eigenvalue weighted by Crippen LogP contribution is 2.26. The average Bonchev–Trinajstić information content (AvgIpc) is 2.51. The van der Waals surface area contributed by atoms with Gasteiger partial charge in [-0.2, -0.15) is 0 Å². The molecule has 0 saturated carbocycles. The summed E-state index contributed by atoms with van der Waals surface area (Å²) in [6.07, 6.45) is 3.83. The minimum atomic E-state index is 0.179. The summed E-state index contributed by atoms with van der Waals surface area (Å²) in [5.74, 6) is 0.179. The lowest BCUT2D eigenvalue weighted by Gasteiger charge is -2.32. The molecule has 1 amide bonds. The highest BCUT2D eigenvalue weighted by atomic mass is 16.2. The van der Waals surface area contributed by atoms with Gasteiger partial charge in [-0.3, -0.25) is 9.78 Å². The van der Waals surface area contributed by atoms with Gasteiger partial charge >= 0.3 is 0 Å². The molecule has 0 aliphatic carbocycles. The normalized spacial score (nSPS) is 16.2. The van der Waals surface area contributed by atoms with Crippen LogP contribution in [0.1, 0.15) is 25.3 Å². The van der Waals surface area contributed by atoms with Gasteiger partial charge in [0.2, 0.25) is 5.91 Å². The second-order valence-electron chi connectivity index (χ2n) is 5.75. The van der Waals surface area contributed by atoms with E-state index in [1.54, 1.807) is 6.92 Å². The number of nitrogens with one attached hydrogen (secondary N) is 1. The summed E-state index contributed by atoms with van der Waals surface area (Å²) in [4.78, 5) is 17.8. The van der Waals surface area contributed by atoms with E-state index < -0.39 is 0 Å². The van der Waals surface area contributed by atoms with E-state index >= 15 is 0 Å². The second kappa shape index (κ2) is 5.72. The number of likely N-dealkylation sites (tertiary alicyclic amines) is 1. The van der Waals surface area contributed by atoms with Crippen molar-refractivity contribution in [2.75, 3.05) is 18.4 Å². The van der Waals surface area contributed by atoms with Crippen LogP contribution >= 0.6 is 0 Å². The predicted octanol–water partition coefficient (Wildman–Crippen LogP) is 2.97. The van der Waals surface area contributed by atoms with Crippen molar-refractivity contribution in [3.63, 3.8) is 0 Å². The monoisotopic (exact) mass is 283 g/mol. The molecule has 1 aliphatic rings. The molecule has 3 rings (SSSR count). The molecule has 2 heterocycles. The van der Waals surface area contributed by atoms with Gasteiger partial charge in [0, 0.05) is 43.3 Å². The van der Waals surface area contributed by atoms with Crippen molar-refractivity contribution in [3.8, 4) is 0 Å². The minimum Gasteiger partial charge on any atom is -0.382 e. The molecule has 21 heavy (non-hydrogen) atoms. The van der Waals surface area contributed by atoms with E-state index in [0.29, 0.717) is 6.04 Å². The number of anilines is 1. The van der Waals surface area contributed by atoms with Crippen molar-refractivity contribution in [1.29, 1.82) is 0 Å². The molecule has 4 nitrogen and oxygen atoms in total. The summed E-state index contributed by atoms with van der Waals surface area (Å²) < 4.78 is 0. The van der Waals surface area contributed by atoms with Gasteiger partial charge in [0.25, 0.3) is 0 Å². The number of hydrogen-bond donors (Lipinski definition) is 1. The van der Waals surface area contributed by atoms with Gasteiger partial charge in [0.05, 0.1) is 5.52 Å². The molecule has 2 aromatic rings. The van der Waals surface area contributed by atoms with E-state index in [1.807, 2.05) is 17.2 Å². The number of benzene rings is 1. The number of carbonyl (C=O) groups is 1. The van der Waals surface area contributed by atoms with Crippen LogP contribution in [0, 0.1) is 6.92 Å². The molecule has 0 radical (unpaired) electrons. The lowest BCUT2D eigenvalue weighted by molar-refractivity contribution is -0.129. The Balaban J connectivity index is 1.77. The lowest BCUT2D eigenvalue weighted by Crippen LogP contribution is -2.41. The minimum absolute atomic E-state index is 0.179. The third-order valence-electron chi connectivity index (χ3n) is 4.27. The summed E-state index contributed by atoms with van der Waals surface area (Å²) >= 11 is 0. The van der Waals surface area contributed by atoms with Crippen LogP contribution in [0.25, 0.3) is 10.9 Å². The Labute approximate surface area is 125 Å². The predicted molar refractivity (Wildman–Crippen MR) is 85.4 cm³/mol. The first kappa shape index (κ1) is 13.9. The number of amides is 1. The number of rotatable bonds is 2. The largest absolute Gasteiger partial charge is 0.382 e. The molecule has 1 aromatic carbocycles. The maximum absolute atomic E-state index is 11.4. The van der Waals surface area contributed by atoms with Crippen LogP contribution in [-0.4, -0.2) is 34.9 Å². The van der Waals surface area contributed by atoms with Crippen molar-refractivity contribution >= 4 is 22.5 Å². The van der Waals surface area contributed by atoms with Crippen molar-refractivity contribution in [1.82, 2.24) is 9.88 Å². The molecule has 1 saturated heterocycles. The van der Waals surface area contributed by atoms with Crippen LogP contribution in [0.4, 0.5) is 5.69 Å². The van der Waals surface area contributed by atoms with Crippen LogP contribution < -0.4 is 5.32 Å². The van der Waals surface area contributed by atoms with Gasteiger partial charge in [0.1, 0.15) is 0 Å². The molecule has 4 heteroatoms. The Bertz CT molecular complexity index is 660. The first-order valence-corrected chi connectivity index (χ1v) is 7.51. The van der Waals surface area contributed by atoms with E-state index in [4.69, 9.17) is 0 Å². The van der Waals surface area contributed by atoms with Crippen molar-refractivity contribution in [2.45, 2.75) is 32.7 Å². The molecule has 1 aromatic heterocycles. The van der Waals surface area contributed by atoms with Crippen molar-refractivity contribution in [3.05, 3.63) is 36.0 Å². The summed E-state index contributed by atoms with van der Waals surface area (Å²) in [7, 11) is 0. The van der Waals surface area contributed by atoms with Gasteiger partial charge in [-0.25, -0.2) is 0 Å². The van der Waals surface area contributed by atoms with Crippen LogP contribution in [0.5, 0.6) is 0 Å². The quantitative estimate of drug-likeness (QED) is 0.921. The Morgan fingerprint density at radius 1 is 1.29 bits per heavy atom. The van der Waals surface area contributed by atoms with Crippen molar-refractivity contribution in [2.24, 2.45) is 0 Å². The van der Waals surface area contributed by atoms with E-state index in [-0.39, 0.29) is 5.91 Å². The van der Waals surface area contributed by atoms with Gasteiger partial charge in [0.15, 0.2) is 0 Å². The van der Waals surface area contributed by atoms with Crippen molar-refractivity contribution < 1.29 is 4.79 Å². The van der Waals surface area contributed by atoms with E-state index in [0.717, 1.165) is 37.1 Å². The fourth-order valence-electron chi connectivity index (χ4n) is 3.00. The van der Waals surface area contributed by atoms with Gasteiger partial charge < -0.3 is 10.2 Å². The Kier molecular flexibility index (Phi) is 3.78. The maximum Gasteiger partial charge on any atom is 0.219 e. The van der Waals surface area contributed by atoms with Gasteiger partial charge in [-0.05, 0) is 43.5 Å². The summed E-state index contributed by atoms with van der Waals surface area (Å²) in [5.41, 5.74) is 3.40. The topological polar surface area (TPSA) is 45.2 Å². The number of piperidine rings is 1. The number of pyridine rings is 1. The lowest BCUT2D eigenvalue weighted by atomic mass is 10.0. The molecular formula is C17H21N3O. The van der Waals surface area contributed by atoms with Crippen LogP contribution in [0.3, 0.4) is 0 Å². The summed E-state index contributed by atoms with van der Waals surface area (Å²) in [6.45, 7) is 5.42. The van der Waals surface area contributed by atoms with Gasteiger partial charge in [-0.1, -0.05) is 6.07 Å². The third kappa shape index (κ3) is 2.84. The van der Waals surface area contributed by atoms with E-state index in [2.05, 4.69) is 35.4 Å². The molecule has 110 valence electrons. The Morgan fingerprint density at radius 3 is 2.76 bits per heavy atom. The zero-order valence-electron chi connectivity index (χ0n) is 12.6. The first-order chi connectivity index (χ1) is 10.1. The van der Waals surface area contributed by atoms with Crippen LogP contribution in [0.2, 0.25) is 0 Å². The fraction of sp³-hybridized carbons (Fsp3) is 0.412. The number of hydrogen-bond acceptors (Lipinski definition) is 3. The molecular weight excluding hydrogens is 262 g/mol. The first-order valence-electron chi connectivity index (χ1n) is 7.51. The zero-order chi connectivity index (χ0) is 14.8. The van der Waals surface area contributed by atoms with Crippen LogP contribution in [0.15, 0.2) is 30.5 Å². The van der Waals surface area contributed by atoms with Crippen LogP contribution in [-0.2, 0) is 4.79 Å². The molecule has 0 spiro atoms. The van der Waals surface area contributed by atoms with E-state index in [9.17, 15) is 4.79 Å². The SMILES string of the molecule is CC(=O)N1CCC(Nc2ccc(C)c3ncccc23)CC1. The molecule has 0 atom stereocenters. The fourth-order valence-corrected chi connectivity index (χ4v) is 3.00. The Morgan fingerprint density at radius 2 is 2.05 bits per heavy atom. The molecule has 1 N–H and O–H groups in total. The highest BCUT2D eigenvalue weighted by Gasteiger charge is 2.21.